The smallest absolute Gasteiger partial charge is 0.0515 e. The Bertz CT molecular complexity index is 594. The van der Waals surface area contributed by atoms with Crippen LogP contribution < -0.4 is 11.3 Å². The molecular formula is C17H20Cl2N2. The molecular weight excluding hydrogens is 303 g/mol. The predicted octanol–water partition coefficient (Wildman–Crippen LogP) is 4.86. The fourth-order valence-corrected chi connectivity index (χ4v) is 2.86. The molecule has 0 amide bonds. The van der Waals surface area contributed by atoms with Gasteiger partial charge in [0.25, 0.3) is 0 Å². The van der Waals surface area contributed by atoms with Crippen LogP contribution in [0.25, 0.3) is 0 Å². The molecule has 1 unspecified atom stereocenters. The number of hydrogen-bond acceptors (Lipinski definition) is 2. The fourth-order valence-electron chi connectivity index (χ4n) is 2.32. The molecule has 0 fully saturated rings. The minimum absolute atomic E-state index is 0.0420. The van der Waals surface area contributed by atoms with Gasteiger partial charge in [-0.3, -0.25) is 11.3 Å². The van der Waals surface area contributed by atoms with Crippen molar-refractivity contribution in [1.29, 1.82) is 0 Å². The lowest BCUT2D eigenvalue weighted by Gasteiger charge is -2.18. The molecule has 0 saturated carbocycles. The molecule has 21 heavy (non-hydrogen) atoms. The summed E-state index contributed by atoms with van der Waals surface area (Å²) in [7, 11) is 0. The van der Waals surface area contributed by atoms with E-state index in [4.69, 9.17) is 29.0 Å². The van der Waals surface area contributed by atoms with E-state index in [-0.39, 0.29) is 6.04 Å². The molecule has 1 atom stereocenters. The molecule has 2 aromatic rings. The number of hydrogen-bond donors (Lipinski definition) is 2. The summed E-state index contributed by atoms with van der Waals surface area (Å²) in [5.74, 6) is 6.23. The van der Waals surface area contributed by atoms with Gasteiger partial charge in [0.2, 0.25) is 0 Å². The highest BCUT2D eigenvalue weighted by Crippen LogP contribution is 2.28. The number of nitrogens with one attached hydrogen (secondary N) is 1. The molecule has 3 N–H and O–H groups in total. The van der Waals surface area contributed by atoms with Gasteiger partial charge in [-0.05, 0) is 41.2 Å². The van der Waals surface area contributed by atoms with Crippen LogP contribution in [0.5, 0.6) is 0 Å². The van der Waals surface area contributed by atoms with Gasteiger partial charge >= 0.3 is 0 Å². The average Bonchev–Trinajstić information content (AvgIpc) is 2.46. The van der Waals surface area contributed by atoms with E-state index in [2.05, 4.69) is 43.5 Å². The first-order chi connectivity index (χ1) is 10.0. The van der Waals surface area contributed by atoms with Crippen LogP contribution in [0.4, 0.5) is 0 Å². The molecule has 0 aliphatic carbocycles. The van der Waals surface area contributed by atoms with Gasteiger partial charge < -0.3 is 0 Å². The maximum absolute atomic E-state index is 6.26. The quantitative estimate of drug-likeness (QED) is 0.609. The van der Waals surface area contributed by atoms with E-state index in [1.807, 2.05) is 12.1 Å². The lowest BCUT2D eigenvalue weighted by Crippen LogP contribution is -2.29. The molecule has 112 valence electrons. The number of nitrogens with two attached hydrogens (primary N) is 1. The molecule has 0 heterocycles. The van der Waals surface area contributed by atoms with Crippen molar-refractivity contribution in [2.45, 2.75) is 32.2 Å². The zero-order chi connectivity index (χ0) is 15.4. The van der Waals surface area contributed by atoms with E-state index >= 15 is 0 Å². The first-order valence-corrected chi connectivity index (χ1v) is 7.76. The molecule has 0 bridgehead atoms. The average molecular weight is 323 g/mol. The van der Waals surface area contributed by atoms with Crippen LogP contribution in [-0.2, 0) is 6.42 Å². The fraction of sp³-hybridized carbons (Fsp3) is 0.294. The zero-order valence-electron chi connectivity index (χ0n) is 12.2. The van der Waals surface area contributed by atoms with Crippen molar-refractivity contribution < 1.29 is 0 Å². The van der Waals surface area contributed by atoms with Crippen LogP contribution in [-0.4, -0.2) is 0 Å². The third-order valence-electron chi connectivity index (χ3n) is 3.63. The Hall–Kier alpha value is -1.06. The summed E-state index contributed by atoms with van der Waals surface area (Å²) in [5.41, 5.74) is 6.34. The Morgan fingerprint density at radius 3 is 2.24 bits per heavy atom. The maximum Gasteiger partial charge on any atom is 0.0515 e. The van der Waals surface area contributed by atoms with Crippen LogP contribution in [0, 0.1) is 0 Å². The van der Waals surface area contributed by atoms with E-state index < -0.39 is 0 Å². The van der Waals surface area contributed by atoms with Crippen molar-refractivity contribution in [2.75, 3.05) is 0 Å². The van der Waals surface area contributed by atoms with Crippen molar-refractivity contribution in [1.82, 2.24) is 5.43 Å². The Kier molecular flexibility index (Phi) is 5.65. The summed E-state index contributed by atoms with van der Waals surface area (Å²) in [6, 6.07) is 14.1. The Morgan fingerprint density at radius 2 is 1.71 bits per heavy atom. The van der Waals surface area contributed by atoms with Gasteiger partial charge in [-0.15, -0.1) is 0 Å². The van der Waals surface area contributed by atoms with Crippen molar-refractivity contribution in [3.05, 3.63) is 69.2 Å². The SMILES string of the molecule is CC(C)c1ccc(CC(NN)c2ccc(Cl)cc2Cl)cc1. The van der Waals surface area contributed by atoms with Crippen molar-refractivity contribution in [3.63, 3.8) is 0 Å². The summed E-state index contributed by atoms with van der Waals surface area (Å²) in [6.07, 6.45) is 0.774. The first-order valence-electron chi connectivity index (χ1n) is 7.01. The first kappa shape index (κ1) is 16.3. The topological polar surface area (TPSA) is 38.0 Å². The highest BCUT2D eigenvalue weighted by molar-refractivity contribution is 6.35. The van der Waals surface area contributed by atoms with Gasteiger partial charge in [0, 0.05) is 10.0 Å². The Balaban J connectivity index is 2.18. The van der Waals surface area contributed by atoms with Crippen molar-refractivity contribution in [3.8, 4) is 0 Å². The van der Waals surface area contributed by atoms with Gasteiger partial charge in [-0.25, -0.2) is 0 Å². The van der Waals surface area contributed by atoms with E-state index in [1.165, 1.54) is 11.1 Å². The van der Waals surface area contributed by atoms with Crippen LogP contribution >= 0.6 is 23.2 Å². The minimum Gasteiger partial charge on any atom is -0.271 e. The number of hydrazine groups is 1. The second-order valence-electron chi connectivity index (χ2n) is 5.49. The molecule has 0 saturated heterocycles. The van der Waals surface area contributed by atoms with Crippen LogP contribution in [0.1, 0.15) is 42.5 Å². The third kappa shape index (κ3) is 4.21. The van der Waals surface area contributed by atoms with E-state index in [9.17, 15) is 0 Å². The largest absolute Gasteiger partial charge is 0.271 e. The van der Waals surface area contributed by atoms with E-state index in [0.717, 1.165) is 12.0 Å². The van der Waals surface area contributed by atoms with Crippen LogP contribution in [0.2, 0.25) is 10.0 Å². The summed E-state index contributed by atoms with van der Waals surface area (Å²) in [5, 5.41) is 1.25. The summed E-state index contributed by atoms with van der Waals surface area (Å²) in [6.45, 7) is 4.37. The minimum atomic E-state index is -0.0420. The summed E-state index contributed by atoms with van der Waals surface area (Å²) < 4.78 is 0. The second-order valence-corrected chi connectivity index (χ2v) is 6.33. The molecule has 2 rings (SSSR count). The van der Waals surface area contributed by atoms with Gasteiger partial charge in [0.15, 0.2) is 0 Å². The van der Waals surface area contributed by atoms with Crippen LogP contribution in [0.15, 0.2) is 42.5 Å². The molecule has 0 radical (unpaired) electrons. The van der Waals surface area contributed by atoms with Crippen LogP contribution in [0.3, 0.4) is 0 Å². The van der Waals surface area contributed by atoms with Crippen molar-refractivity contribution >= 4 is 23.2 Å². The van der Waals surface area contributed by atoms with Gasteiger partial charge in [-0.1, -0.05) is 67.4 Å². The maximum atomic E-state index is 6.26. The van der Waals surface area contributed by atoms with Crippen molar-refractivity contribution in [2.24, 2.45) is 5.84 Å². The second kappa shape index (κ2) is 7.28. The third-order valence-corrected chi connectivity index (χ3v) is 4.19. The number of benzene rings is 2. The lowest BCUT2D eigenvalue weighted by molar-refractivity contribution is 0.552. The normalized spacial score (nSPS) is 12.7. The molecule has 0 aliphatic rings. The van der Waals surface area contributed by atoms with Gasteiger partial charge in [0.1, 0.15) is 0 Å². The Morgan fingerprint density at radius 1 is 1.05 bits per heavy atom. The van der Waals surface area contributed by atoms with E-state index in [0.29, 0.717) is 16.0 Å². The number of halogens is 2. The highest BCUT2D eigenvalue weighted by Gasteiger charge is 2.14. The molecule has 0 aromatic heterocycles. The van der Waals surface area contributed by atoms with Gasteiger partial charge in [-0.2, -0.15) is 0 Å². The monoisotopic (exact) mass is 322 g/mol. The Labute approximate surface area is 136 Å². The lowest BCUT2D eigenvalue weighted by atomic mass is 9.96. The molecule has 2 nitrogen and oxygen atoms in total. The molecule has 0 aliphatic heterocycles. The standard InChI is InChI=1S/C17H20Cl2N2/c1-11(2)13-5-3-12(4-6-13)9-17(21-20)15-8-7-14(18)10-16(15)19/h3-8,10-11,17,21H,9,20H2,1-2H3. The highest BCUT2D eigenvalue weighted by atomic mass is 35.5. The van der Waals surface area contributed by atoms with Gasteiger partial charge in [0.05, 0.1) is 6.04 Å². The summed E-state index contributed by atoms with van der Waals surface area (Å²) in [4.78, 5) is 0. The number of rotatable bonds is 5. The molecule has 4 heteroatoms. The summed E-state index contributed by atoms with van der Waals surface area (Å²) >= 11 is 12.2. The molecule has 0 spiro atoms. The van der Waals surface area contributed by atoms with E-state index in [1.54, 1.807) is 6.07 Å². The zero-order valence-corrected chi connectivity index (χ0v) is 13.7. The molecule has 2 aromatic carbocycles. The predicted molar refractivity (Wildman–Crippen MR) is 90.8 cm³/mol.